The van der Waals surface area contributed by atoms with Crippen LogP contribution in [0.4, 0.5) is 0 Å². The highest BCUT2D eigenvalue weighted by molar-refractivity contribution is 7.89. The fraction of sp³-hybridized carbons (Fsp3) is 0.562. The Bertz CT molecular complexity index is 626. The number of aryl methyl sites for hydroxylation is 1. The van der Waals surface area contributed by atoms with Gasteiger partial charge in [-0.25, -0.2) is 13.1 Å². The molecule has 114 valence electrons. The van der Waals surface area contributed by atoms with Crippen molar-refractivity contribution in [3.63, 3.8) is 0 Å². The van der Waals surface area contributed by atoms with Gasteiger partial charge in [-0.2, -0.15) is 5.26 Å². The molecule has 0 heterocycles. The molecule has 0 radical (unpaired) electrons. The highest BCUT2D eigenvalue weighted by Gasteiger charge is 2.17. The maximum Gasteiger partial charge on any atom is 0.240 e. The van der Waals surface area contributed by atoms with Gasteiger partial charge >= 0.3 is 0 Å². The lowest BCUT2D eigenvalue weighted by atomic mass is 9.87. The van der Waals surface area contributed by atoms with Gasteiger partial charge in [-0.3, -0.25) is 0 Å². The minimum absolute atomic E-state index is 0.239. The Balaban J connectivity index is 1.95. The highest BCUT2D eigenvalue weighted by atomic mass is 32.2. The largest absolute Gasteiger partial charge is 0.240 e. The van der Waals surface area contributed by atoms with E-state index in [1.807, 2.05) is 6.07 Å². The van der Waals surface area contributed by atoms with E-state index in [-0.39, 0.29) is 4.90 Å². The summed E-state index contributed by atoms with van der Waals surface area (Å²) in [6, 6.07) is 6.66. The van der Waals surface area contributed by atoms with Crippen LogP contribution in [0.3, 0.4) is 0 Å². The first kappa shape index (κ1) is 16.0. The first-order valence-corrected chi connectivity index (χ1v) is 9.01. The van der Waals surface area contributed by atoms with Crippen LogP contribution in [-0.2, 0) is 10.0 Å². The molecule has 1 aliphatic rings. The SMILES string of the molecule is Cc1cc(S(=O)(=O)NCCC2CCCCC2)ccc1C#N. The molecular weight excluding hydrogens is 284 g/mol. The van der Waals surface area contributed by atoms with Gasteiger partial charge in [0.2, 0.25) is 10.0 Å². The van der Waals surface area contributed by atoms with Crippen molar-refractivity contribution < 1.29 is 8.42 Å². The van der Waals surface area contributed by atoms with Gasteiger partial charge in [0.15, 0.2) is 0 Å². The zero-order valence-corrected chi connectivity index (χ0v) is 13.2. The molecule has 21 heavy (non-hydrogen) atoms. The fourth-order valence-corrected chi connectivity index (χ4v) is 4.02. The third-order valence-corrected chi connectivity index (χ3v) is 5.66. The zero-order valence-electron chi connectivity index (χ0n) is 12.4. The Morgan fingerprint density at radius 2 is 2.00 bits per heavy atom. The van der Waals surface area contributed by atoms with E-state index in [1.165, 1.54) is 38.2 Å². The van der Waals surface area contributed by atoms with Gasteiger partial charge in [0.05, 0.1) is 16.5 Å². The van der Waals surface area contributed by atoms with Crippen LogP contribution in [0, 0.1) is 24.2 Å². The summed E-state index contributed by atoms with van der Waals surface area (Å²) in [5, 5.41) is 8.88. The minimum atomic E-state index is -3.47. The predicted octanol–water partition coefficient (Wildman–Crippen LogP) is 3.12. The Morgan fingerprint density at radius 1 is 1.29 bits per heavy atom. The van der Waals surface area contributed by atoms with Gasteiger partial charge < -0.3 is 0 Å². The normalized spacial score (nSPS) is 16.6. The van der Waals surface area contributed by atoms with Gasteiger partial charge in [-0.1, -0.05) is 32.1 Å². The standard InChI is InChI=1S/C16H22N2O2S/c1-13-11-16(8-7-15(13)12-17)21(19,20)18-10-9-14-5-3-2-4-6-14/h7-8,11,14,18H,2-6,9-10H2,1H3. The summed E-state index contributed by atoms with van der Waals surface area (Å²) >= 11 is 0. The average molecular weight is 306 g/mol. The van der Waals surface area contributed by atoms with Gasteiger partial charge in [-0.05, 0) is 43.0 Å². The summed E-state index contributed by atoms with van der Waals surface area (Å²) in [6.45, 7) is 2.24. The quantitative estimate of drug-likeness (QED) is 0.908. The number of nitrogens with one attached hydrogen (secondary N) is 1. The van der Waals surface area contributed by atoms with Crippen molar-refractivity contribution in [3.8, 4) is 6.07 Å². The lowest BCUT2D eigenvalue weighted by Crippen LogP contribution is -2.26. The molecule has 0 spiro atoms. The summed E-state index contributed by atoms with van der Waals surface area (Å²) < 4.78 is 27.1. The van der Waals surface area contributed by atoms with Gasteiger partial charge in [0.25, 0.3) is 0 Å². The predicted molar refractivity (Wildman–Crippen MR) is 82.3 cm³/mol. The van der Waals surface area contributed by atoms with Crippen LogP contribution in [0.15, 0.2) is 23.1 Å². The second-order valence-corrected chi connectivity index (χ2v) is 7.55. The molecule has 0 bridgehead atoms. The number of hydrogen-bond donors (Lipinski definition) is 1. The minimum Gasteiger partial charge on any atom is -0.211 e. The first-order chi connectivity index (χ1) is 10.0. The summed E-state index contributed by atoms with van der Waals surface area (Å²) in [5.74, 6) is 0.657. The summed E-state index contributed by atoms with van der Waals surface area (Å²) in [5.41, 5.74) is 1.20. The molecule has 0 aromatic heterocycles. The third kappa shape index (κ3) is 4.29. The van der Waals surface area contributed by atoms with Crippen LogP contribution in [-0.4, -0.2) is 15.0 Å². The van der Waals surface area contributed by atoms with Crippen molar-refractivity contribution in [2.45, 2.75) is 50.3 Å². The van der Waals surface area contributed by atoms with Gasteiger partial charge in [0, 0.05) is 6.54 Å². The third-order valence-electron chi connectivity index (χ3n) is 4.20. The van der Waals surface area contributed by atoms with Crippen molar-refractivity contribution in [2.24, 2.45) is 5.92 Å². The van der Waals surface area contributed by atoms with E-state index in [1.54, 1.807) is 19.1 Å². The highest BCUT2D eigenvalue weighted by Crippen LogP contribution is 2.26. The smallest absolute Gasteiger partial charge is 0.211 e. The van der Waals surface area contributed by atoms with Crippen LogP contribution in [0.25, 0.3) is 0 Å². The topological polar surface area (TPSA) is 70.0 Å². The molecule has 4 nitrogen and oxygen atoms in total. The number of hydrogen-bond acceptors (Lipinski definition) is 3. The molecule has 1 N–H and O–H groups in total. The van der Waals surface area contributed by atoms with Crippen LogP contribution >= 0.6 is 0 Å². The monoisotopic (exact) mass is 306 g/mol. The molecule has 1 aliphatic carbocycles. The Hall–Kier alpha value is -1.38. The van der Waals surface area contributed by atoms with E-state index in [2.05, 4.69) is 4.72 Å². The van der Waals surface area contributed by atoms with E-state index in [4.69, 9.17) is 5.26 Å². The van der Waals surface area contributed by atoms with E-state index < -0.39 is 10.0 Å². The number of sulfonamides is 1. The molecule has 2 rings (SSSR count). The molecule has 0 aliphatic heterocycles. The molecule has 0 unspecified atom stereocenters. The van der Waals surface area contributed by atoms with Gasteiger partial charge in [-0.15, -0.1) is 0 Å². The van der Waals surface area contributed by atoms with Crippen LogP contribution in [0.1, 0.15) is 49.7 Å². The maximum absolute atomic E-state index is 12.2. The lowest BCUT2D eigenvalue weighted by molar-refractivity contribution is 0.339. The number of benzene rings is 1. The first-order valence-electron chi connectivity index (χ1n) is 7.53. The summed E-state index contributed by atoms with van der Waals surface area (Å²) in [7, 11) is -3.47. The Kier molecular flexibility index (Phi) is 5.38. The molecule has 1 aromatic rings. The second kappa shape index (κ2) is 7.06. The van der Waals surface area contributed by atoms with E-state index in [0.717, 1.165) is 6.42 Å². The molecule has 0 atom stereocenters. The van der Waals surface area contributed by atoms with Gasteiger partial charge in [0.1, 0.15) is 0 Å². The van der Waals surface area contributed by atoms with Crippen molar-refractivity contribution in [1.29, 1.82) is 5.26 Å². The average Bonchev–Trinajstić information content (AvgIpc) is 2.48. The van der Waals surface area contributed by atoms with E-state index >= 15 is 0 Å². The molecule has 1 fully saturated rings. The Labute approximate surface area is 127 Å². The van der Waals surface area contributed by atoms with Crippen LogP contribution in [0.2, 0.25) is 0 Å². The Morgan fingerprint density at radius 3 is 2.62 bits per heavy atom. The second-order valence-electron chi connectivity index (χ2n) is 5.78. The maximum atomic E-state index is 12.2. The molecule has 0 saturated heterocycles. The lowest BCUT2D eigenvalue weighted by Gasteiger charge is -2.21. The number of rotatable bonds is 5. The van der Waals surface area contributed by atoms with Crippen molar-refractivity contribution >= 4 is 10.0 Å². The molecule has 1 aromatic carbocycles. The fourth-order valence-electron chi connectivity index (χ4n) is 2.89. The summed E-state index contributed by atoms with van der Waals surface area (Å²) in [6.07, 6.45) is 7.20. The number of nitriles is 1. The number of nitrogens with zero attached hydrogens (tertiary/aromatic N) is 1. The molecule has 5 heteroatoms. The molecule has 0 amide bonds. The van der Waals surface area contributed by atoms with Crippen LogP contribution in [0.5, 0.6) is 0 Å². The van der Waals surface area contributed by atoms with Crippen LogP contribution < -0.4 is 4.72 Å². The zero-order chi connectivity index (χ0) is 15.3. The molecule has 1 saturated carbocycles. The van der Waals surface area contributed by atoms with E-state index in [0.29, 0.717) is 23.6 Å². The van der Waals surface area contributed by atoms with Crippen molar-refractivity contribution in [1.82, 2.24) is 4.72 Å². The van der Waals surface area contributed by atoms with Crippen molar-refractivity contribution in [2.75, 3.05) is 6.54 Å². The molecular formula is C16H22N2O2S. The van der Waals surface area contributed by atoms with Crippen molar-refractivity contribution in [3.05, 3.63) is 29.3 Å². The van der Waals surface area contributed by atoms with E-state index in [9.17, 15) is 8.42 Å². The summed E-state index contributed by atoms with van der Waals surface area (Å²) in [4.78, 5) is 0.239.